The maximum absolute atomic E-state index is 4.71. The highest BCUT2D eigenvalue weighted by Gasteiger charge is 2.14. The molecule has 0 radical (unpaired) electrons. The molecule has 1 aromatic rings. The molecule has 0 fully saturated rings. The highest BCUT2D eigenvalue weighted by atomic mass is 15.2. The molecule has 0 saturated heterocycles. The number of nitrogens with zero attached hydrogens (tertiary/aromatic N) is 3. The van der Waals surface area contributed by atoms with Gasteiger partial charge in [0.15, 0.2) is 0 Å². The van der Waals surface area contributed by atoms with Crippen molar-refractivity contribution in [1.29, 1.82) is 0 Å². The van der Waals surface area contributed by atoms with E-state index in [4.69, 9.17) is 4.98 Å². The lowest BCUT2D eigenvalue weighted by Gasteiger charge is -2.27. The van der Waals surface area contributed by atoms with E-state index in [9.17, 15) is 0 Å². The molecule has 0 aliphatic rings. The molecule has 0 aliphatic heterocycles. The molecule has 0 amide bonds. The summed E-state index contributed by atoms with van der Waals surface area (Å²) in [6, 6.07) is 0. The Bertz CT molecular complexity index is 388. The van der Waals surface area contributed by atoms with Gasteiger partial charge in [-0.2, -0.15) is 4.98 Å². The van der Waals surface area contributed by atoms with E-state index in [1.807, 2.05) is 6.20 Å². The van der Waals surface area contributed by atoms with Crippen LogP contribution in [0, 0.1) is 12.8 Å². The average Bonchev–Trinajstić information content (AvgIpc) is 2.48. The van der Waals surface area contributed by atoms with Gasteiger partial charge in [0.25, 0.3) is 0 Å². The number of aryl methyl sites for hydroxylation is 1. The number of hydrogen-bond donors (Lipinski definition) is 1. The SMILES string of the molecule is CCCNc1ncc(C)c(N(CC)CC(CC)CC)n1. The minimum absolute atomic E-state index is 0.733. The van der Waals surface area contributed by atoms with Crippen LogP contribution < -0.4 is 10.2 Å². The van der Waals surface area contributed by atoms with Crippen molar-refractivity contribution in [3.8, 4) is 0 Å². The highest BCUT2D eigenvalue weighted by Crippen LogP contribution is 2.21. The van der Waals surface area contributed by atoms with Gasteiger partial charge < -0.3 is 10.2 Å². The lowest BCUT2D eigenvalue weighted by molar-refractivity contribution is 0.484. The first-order valence-corrected chi connectivity index (χ1v) is 7.98. The molecule has 0 atom stereocenters. The van der Waals surface area contributed by atoms with Crippen LogP contribution in [-0.2, 0) is 0 Å². The lowest BCUT2D eigenvalue weighted by atomic mass is 10.0. The highest BCUT2D eigenvalue weighted by molar-refractivity contribution is 5.48. The van der Waals surface area contributed by atoms with Crippen LogP contribution in [0.4, 0.5) is 11.8 Å². The minimum Gasteiger partial charge on any atom is -0.356 e. The fourth-order valence-electron chi connectivity index (χ4n) is 2.30. The lowest BCUT2D eigenvalue weighted by Crippen LogP contribution is -2.30. The zero-order chi connectivity index (χ0) is 15.0. The van der Waals surface area contributed by atoms with E-state index in [2.05, 4.69) is 49.8 Å². The summed E-state index contributed by atoms with van der Waals surface area (Å²) in [5.41, 5.74) is 1.15. The molecular formula is C16H30N4. The van der Waals surface area contributed by atoms with Crippen molar-refractivity contribution in [3.63, 3.8) is 0 Å². The summed E-state index contributed by atoms with van der Waals surface area (Å²) < 4.78 is 0. The summed E-state index contributed by atoms with van der Waals surface area (Å²) in [7, 11) is 0. The molecule has 20 heavy (non-hydrogen) atoms. The third-order valence-electron chi connectivity index (χ3n) is 3.79. The predicted molar refractivity (Wildman–Crippen MR) is 87.5 cm³/mol. The monoisotopic (exact) mass is 278 g/mol. The Balaban J connectivity index is 2.89. The summed E-state index contributed by atoms with van der Waals surface area (Å²) in [6.07, 6.45) is 5.45. The smallest absolute Gasteiger partial charge is 0.224 e. The van der Waals surface area contributed by atoms with Gasteiger partial charge >= 0.3 is 0 Å². The average molecular weight is 278 g/mol. The summed E-state index contributed by atoms with van der Waals surface area (Å²) in [6.45, 7) is 14.0. The number of rotatable bonds is 9. The number of hydrogen-bond acceptors (Lipinski definition) is 4. The number of anilines is 2. The largest absolute Gasteiger partial charge is 0.356 e. The summed E-state index contributed by atoms with van der Waals surface area (Å²) in [5.74, 6) is 2.56. The van der Waals surface area contributed by atoms with Crippen LogP contribution in [0.5, 0.6) is 0 Å². The van der Waals surface area contributed by atoms with Crippen molar-refractivity contribution in [1.82, 2.24) is 9.97 Å². The van der Waals surface area contributed by atoms with Crippen LogP contribution in [0.2, 0.25) is 0 Å². The molecule has 0 unspecified atom stereocenters. The normalized spacial score (nSPS) is 10.9. The fraction of sp³-hybridized carbons (Fsp3) is 0.750. The second kappa shape index (κ2) is 8.77. The Kier molecular flexibility index (Phi) is 7.34. The van der Waals surface area contributed by atoms with Crippen molar-refractivity contribution in [2.75, 3.05) is 29.9 Å². The van der Waals surface area contributed by atoms with E-state index >= 15 is 0 Å². The van der Waals surface area contributed by atoms with Gasteiger partial charge in [0, 0.05) is 31.4 Å². The van der Waals surface area contributed by atoms with Crippen LogP contribution in [0.3, 0.4) is 0 Å². The standard InChI is InChI=1S/C16H30N4/c1-6-10-17-16-18-11-13(5)15(19-16)20(9-4)12-14(7-2)8-3/h11,14H,6-10,12H2,1-5H3,(H,17,18,19). The van der Waals surface area contributed by atoms with Crippen molar-refractivity contribution in [2.24, 2.45) is 5.92 Å². The Morgan fingerprint density at radius 1 is 1.20 bits per heavy atom. The quantitative estimate of drug-likeness (QED) is 0.744. The van der Waals surface area contributed by atoms with Gasteiger partial charge in [-0.3, -0.25) is 0 Å². The van der Waals surface area contributed by atoms with Gasteiger partial charge in [-0.05, 0) is 26.2 Å². The molecule has 0 bridgehead atoms. The molecule has 1 heterocycles. The zero-order valence-electron chi connectivity index (χ0n) is 13.7. The van der Waals surface area contributed by atoms with Gasteiger partial charge in [0.05, 0.1) is 0 Å². The third kappa shape index (κ3) is 4.66. The Hall–Kier alpha value is -1.32. The van der Waals surface area contributed by atoms with Gasteiger partial charge in [0.2, 0.25) is 5.95 Å². The fourth-order valence-corrected chi connectivity index (χ4v) is 2.30. The molecule has 4 nitrogen and oxygen atoms in total. The van der Waals surface area contributed by atoms with E-state index in [-0.39, 0.29) is 0 Å². The molecule has 0 aliphatic carbocycles. The van der Waals surface area contributed by atoms with Crippen molar-refractivity contribution >= 4 is 11.8 Å². The molecule has 4 heteroatoms. The summed E-state index contributed by atoms with van der Waals surface area (Å²) in [4.78, 5) is 11.5. The van der Waals surface area contributed by atoms with Gasteiger partial charge in [-0.25, -0.2) is 4.98 Å². The van der Waals surface area contributed by atoms with Crippen LogP contribution in [0.1, 0.15) is 52.5 Å². The number of aromatic nitrogens is 2. The van der Waals surface area contributed by atoms with E-state index in [0.29, 0.717) is 0 Å². The van der Waals surface area contributed by atoms with Crippen LogP contribution >= 0.6 is 0 Å². The second-order valence-electron chi connectivity index (χ2n) is 5.35. The topological polar surface area (TPSA) is 41.1 Å². The van der Waals surface area contributed by atoms with Crippen LogP contribution in [0.25, 0.3) is 0 Å². The van der Waals surface area contributed by atoms with E-state index in [1.165, 1.54) is 12.8 Å². The Morgan fingerprint density at radius 2 is 1.90 bits per heavy atom. The van der Waals surface area contributed by atoms with Gasteiger partial charge in [-0.1, -0.05) is 33.6 Å². The molecular weight excluding hydrogens is 248 g/mol. The molecule has 114 valence electrons. The maximum atomic E-state index is 4.71. The maximum Gasteiger partial charge on any atom is 0.224 e. The molecule has 1 aromatic heterocycles. The van der Waals surface area contributed by atoms with Crippen LogP contribution in [0.15, 0.2) is 6.20 Å². The van der Waals surface area contributed by atoms with Crippen LogP contribution in [-0.4, -0.2) is 29.6 Å². The van der Waals surface area contributed by atoms with Crippen molar-refractivity contribution < 1.29 is 0 Å². The molecule has 1 rings (SSSR count). The van der Waals surface area contributed by atoms with Gasteiger partial charge in [-0.15, -0.1) is 0 Å². The molecule has 0 spiro atoms. The molecule has 1 N–H and O–H groups in total. The molecule has 0 saturated carbocycles. The van der Waals surface area contributed by atoms with Gasteiger partial charge in [0.1, 0.15) is 5.82 Å². The first-order valence-electron chi connectivity index (χ1n) is 7.98. The third-order valence-corrected chi connectivity index (χ3v) is 3.79. The minimum atomic E-state index is 0.733. The second-order valence-corrected chi connectivity index (χ2v) is 5.35. The summed E-state index contributed by atoms with van der Waals surface area (Å²) >= 11 is 0. The number of nitrogens with one attached hydrogen (secondary N) is 1. The Morgan fingerprint density at radius 3 is 2.45 bits per heavy atom. The van der Waals surface area contributed by atoms with E-state index in [1.54, 1.807) is 0 Å². The first-order chi connectivity index (χ1) is 9.65. The molecule has 0 aromatic carbocycles. The van der Waals surface area contributed by atoms with Crippen molar-refractivity contribution in [3.05, 3.63) is 11.8 Å². The van der Waals surface area contributed by atoms with Crippen molar-refractivity contribution in [2.45, 2.75) is 53.9 Å². The zero-order valence-corrected chi connectivity index (χ0v) is 13.7. The summed E-state index contributed by atoms with van der Waals surface area (Å²) in [5, 5.41) is 3.27. The van der Waals surface area contributed by atoms with E-state index < -0.39 is 0 Å². The Labute approximate surface area is 124 Å². The first kappa shape index (κ1) is 16.7. The van der Waals surface area contributed by atoms with E-state index in [0.717, 1.165) is 49.3 Å². The predicted octanol–water partition coefficient (Wildman–Crippen LogP) is 3.87.